The quantitative estimate of drug-likeness (QED) is 0.0951. The highest BCUT2D eigenvalue weighted by Crippen LogP contribution is 2.48. The van der Waals surface area contributed by atoms with Crippen LogP contribution in [0.3, 0.4) is 0 Å². The molecule has 2 aromatic carbocycles. The molecule has 252 valence electrons. The molecule has 0 atom stereocenters. The molecule has 2 aliphatic heterocycles. The van der Waals surface area contributed by atoms with Gasteiger partial charge in [-0.05, 0) is 59.8 Å². The first-order valence-corrected chi connectivity index (χ1v) is 16.6. The smallest absolute Gasteiger partial charge is 0.302 e. The van der Waals surface area contributed by atoms with E-state index in [9.17, 15) is 18.0 Å². The number of carbonyl (C=O) groups is 1. The average molecular weight is 689 g/mol. The van der Waals surface area contributed by atoms with E-state index in [0.717, 1.165) is 23.3 Å². The second kappa shape index (κ2) is 13.0. The standard InChI is InChI=1S/C37H32F4N4O3S/c1-4-30(46)45-9-7-21-5-6-22(13-24(21)19-45)34-32(31-28(39)15-26(38)16-29(31)48-11-10-47-3)35-27(8-12-49-35)33(43-34)23-14-25-18-44(2)20-37(40,41)36(25)42-17-23/h4-6,8,12-17H,1,7,9-11,18-20H2,2-3H3. The Morgan fingerprint density at radius 2 is 1.84 bits per heavy atom. The highest BCUT2D eigenvalue weighted by molar-refractivity contribution is 7.18. The summed E-state index contributed by atoms with van der Waals surface area (Å²) in [5.41, 5.74) is 4.54. The molecule has 5 aromatic rings. The lowest BCUT2D eigenvalue weighted by molar-refractivity contribution is -0.126. The van der Waals surface area contributed by atoms with Crippen molar-refractivity contribution in [2.24, 2.45) is 0 Å². The van der Waals surface area contributed by atoms with Gasteiger partial charge in [-0.15, -0.1) is 11.3 Å². The summed E-state index contributed by atoms with van der Waals surface area (Å²) in [5, 5.41) is 2.49. The Labute approximate surface area is 284 Å². The Morgan fingerprint density at radius 1 is 1.02 bits per heavy atom. The van der Waals surface area contributed by atoms with Gasteiger partial charge >= 0.3 is 5.92 Å². The minimum absolute atomic E-state index is 0.0125. The van der Waals surface area contributed by atoms with Crippen molar-refractivity contribution in [1.29, 1.82) is 0 Å². The van der Waals surface area contributed by atoms with E-state index in [-0.39, 0.29) is 42.7 Å². The fourth-order valence-corrected chi connectivity index (χ4v) is 7.65. The van der Waals surface area contributed by atoms with E-state index in [1.54, 1.807) is 22.9 Å². The minimum Gasteiger partial charge on any atom is -0.490 e. The number of benzene rings is 2. The van der Waals surface area contributed by atoms with Crippen molar-refractivity contribution in [3.8, 4) is 39.4 Å². The summed E-state index contributed by atoms with van der Waals surface area (Å²) in [7, 11) is 3.13. The van der Waals surface area contributed by atoms with Crippen molar-refractivity contribution in [2.75, 3.05) is 40.5 Å². The van der Waals surface area contributed by atoms with Gasteiger partial charge in [0, 0.05) is 71.9 Å². The van der Waals surface area contributed by atoms with Crippen LogP contribution in [-0.4, -0.2) is 66.1 Å². The van der Waals surface area contributed by atoms with Gasteiger partial charge in [-0.1, -0.05) is 18.7 Å². The average Bonchev–Trinajstić information content (AvgIpc) is 3.56. The van der Waals surface area contributed by atoms with Gasteiger partial charge in [0.15, 0.2) is 0 Å². The van der Waals surface area contributed by atoms with Gasteiger partial charge in [0.05, 0.1) is 30.1 Å². The fourth-order valence-electron chi connectivity index (χ4n) is 6.70. The highest BCUT2D eigenvalue weighted by atomic mass is 32.1. The first-order chi connectivity index (χ1) is 23.6. The molecule has 0 fully saturated rings. The minimum atomic E-state index is -3.11. The van der Waals surface area contributed by atoms with Gasteiger partial charge in [-0.2, -0.15) is 8.78 Å². The lowest BCUT2D eigenvalue weighted by Crippen LogP contribution is -2.38. The van der Waals surface area contributed by atoms with Crippen LogP contribution in [0.4, 0.5) is 17.6 Å². The number of fused-ring (bicyclic) bond motifs is 3. The fraction of sp³-hybridized carbons (Fsp3) is 0.270. The third-order valence-corrected chi connectivity index (χ3v) is 9.83. The zero-order chi connectivity index (χ0) is 34.4. The van der Waals surface area contributed by atoms with Crippen molar-refractivity contribution in [1.82, 2.24) is 19.8 Å². The van der Waals surface area contributed by atoms with Gasteiger partial charge < -0.3 is 14.4 Å². The molecular formula is C37H32F4N4O3S. The van der Waals surface area contributed by atoms with Crippen molar-refractivity contribution in [3.63, 3.8) is 0 Å². The lowest BCUT2D eigenvalue weighted by atomic mass is 9.91. The van der Waals surface area contributed by atoms with E-state index in [2.05, 4.69) is 11.6 Å². The number of methoxy groups -OCH3 is 1. The van der Waals surface area contributed by atoms with Crippen LogP contribution in [0, 0.1) is 11.6 Å². The SMILES string of the molecule is C=CC(=O)N1CCc2ccc(-c3nc(-c4cnc5c(c4)CN(C)CC5(F)F)c4ccsc4c3-c3c(F)cc(F)cc3OCCOC)cc2C1. The monoisotopic (exact) mass is 688 g/mol. The zero-order valence-corrected chi connectivity index (χ0v) is 27.7. The molecule has 0 aliphatic carbocycles. The molecule has 7 nitrogen and oxygen atoms in total. The van der Waals surface area contributed by atoms with E-state index in [1.165, 1.54) is 30.7 Å². The Morgan fingerprint density at radius 3 is 2.63 bits per heavy atom. The number of carbonyl (C=O) groups excluding carboxylic acids is 1. The topological polar surface area (TPSA) is 67.8 Å². The summed E-state index contributed by atoms with van der Waals surface area (Å²) in [5.74, 6) is -4.94. The molecular weight excluding hydrogens is 656 g/mol. The van der Waals surface area contributed by atoms with Crippen LogP contribution in [0.5, 0.6) is 5.75 Å². The number of hydrogen-bond donors (Lipinski definition) is 0. The van der Waals surface area contributed by atoms with Crippen LogP contribution in [0.2, 0.25) is 0 Å². The van der Waals surface area contributed by atoms with Crippen LogP contribution in [-0.2, 0) is 35.0 Å². The molecule has 2 aliphatic rings. The molecule has 1 amide bonds. The van der Waals surface area contributed by atoms with Crippen LogP contribution in [0.25, 0.3) is 43.7 Å². The Hall–Kier alpha value is -4.65. The first-order valence-electron chi connectivity index (χ1n) is 15.7. The largest absolute Gasteiger partial charge is 0.490 e. The normalized spacial score (nSPS) is 15.6. The van der Waals surface area contributed by atoms with Crippen LogP contribution in [0.1, 0.15) is 22.4 Å². The van der Waals surface area contributed by atoms with Crippen molar-refractivity contribution < 1.29 is 31.8 Å². The number of nitrogens with zero attached hydrogens (tertiary/aromatic N) is 4. The van der Waals surface area contributed by atoms with E-state index in [4.69, 9.17) is 14.5 Å². The molecule has 0 saturated carbocycles. The Kier molecular flexibility index (Phi) is 8.72. The predicted octanol–water partition coefficient (Wildman–Crippen LogP) is 7.60. The number of amides is 1. The van der Waals surface area contributed by atoms with Crippen molar-refractivity contribution >= 4 is 27.3 Å². The Bertz CT molecular complexity index is 2120. The van der Waals surface area contributed by atoms with Gasteiger partial charge in [0.25, 0.3) is 0 Å². The molecule has 0 unspecified atom stereocenters. The maximum atomic E-state index is 16.1. The summed E-state index contributed by atoms with van der Waals surface area (Å²) < 4.78 is 72.3. The van der Waals surface area contributed by atoms with E-state index in [1.807, 2.05) is 29.6 Å². The second-order valence-corrected chi connectivity index (χ2v) is 13.2. The third-order valence-electron chi connectivity index (χ3n) is 8.90. The first kappa shape index (κ1) is 32.9. The van der Waals surface area contributed by atoms with Gasteiger partial charge in [0.1, 0.15) is 29.7 Å². The number of alkyl halides is 2. The molecule has 0 saturated heterocycles. The highest BCUT2D eigenvalue weighted by Gasteiger charge is 2.41. The summed E-state index contributed by atoms with van der Waals surface area (Å²) in [4.78, 5) is 25.1. The maximum Gasteiger partial charge on any atom is 0.302 e. The van der Waals surface area contributed by atoms with Crippen molar-refractivity contribution in [3.05, 3.63) is 101 Å². The van der Waals surface area contributed by atoms with Crippen LogP contribution in [0.15, 0.2) is 66.7 Å². The van der Waals surface area contributed by atoms with Crippen LogP contribution < -0.4 is 4.74 Å². The number of thiophene rings is 1. The zero-order valence-electron chi connectivity index (χ0n) is 26.9. The number of ether oxygens (including phenoxy) is 2. The number of pyridine rings is 2. The summed E-state index contributed by atoms with van der Waals surface area (Å²) in [6.07, 6.45) is 3.34. The third kappa shape index (κ3) is 6.09. The molecule has 0 spiro atoms. The van der Waals surface area contributed by atoms with E-state index in [0.29, 0.717) is 63.2 Å². The molecule has 12 heteroatoms. The van der Waals surface area contributed by atoms with Gasteiger partial charge in [0.2, 0.25) is 5.91 Å². The number of aromatic nitrogens is 2. The Balaban J connectivity index is 1.48. The summed E-state index contributed by atoms with van der Waals surface area (Å²) >= 11 is 1.35. The van der Waals surface area contributed by atoms with Crippen LogP contribution >= 0.6 is 11.3 Å². The number of hydrogen-bond acceptors (Lipinski definition) is 7. The molecule has 3 aromatic heterocycles. The molecule has 0 N–H and O–H groups in total. The summed E-state index contributed by atoms with van der Waals surface area (Å²) in [6, 6.07) is 11.3. The maximum absolute atomic E-state index is 16.1. The van der Waals surface area contributed by atoms with E-state index < -0.39 is 24.1 Å². The molecule has 7 rings (SSSR count). The van der Waals surface area contributed by atoms with Crippen molar-refractivity contribution in [2.45, 2.75) is 25.4 Å². The van der Waals surface area contributed by atoms with E-state index >= 15 is 4.39 Å². The van der Waals surface area contributed by atoms with Gasteiger partial charge in [-0.25, -0.2) is 13.8 Å². The number of halogens is 4. The number of rotatable bonds is 8. The second-order valence-electron chi connectivity index (χ2n) is 12.3. The molecule has 0 radical (unpaired) electrons. The van der Waals surface area contributed by atoms with Gasteiger partial charge in [-0.3, -0.25) is 14.7 Å². The molecule has 0 bridgehead atoms. The molecule has 49 heavy (non-hydrogen) atoms. The predicted molar refractivity (Wildman–Crippen MR) is 181 cm³/mol. The summed E-state index contributed by atoms with van der Waals surface area (Å²) in [6.45, 7) is 4.63. The molecule has 5 heterocycles. The number of likely N-dealkylation sites (N-methyl/N-ethyl adjacent to an activating group) is 1. The lowest BCUT2D eigenvalue weighted by Gasteiger charge is -2.31.